The van der Waals surface area contributed by atoms with Crippen LogP contribution in [0.3, 0.4) is 0 Å². The first-order chi connectivity index (χ1) is 10.7. The molecular weight excluding hydrogens is 298 g/mol. The Morgan fingerprint density at radius 1 is 1.23 bits per heavy atom. The zero-order chi connectivity index (χ0) is 15.1. The number of rotatable bonds is 4. The van der Waals surface area contributed by atoms with Crippen LogP contribution in [0, 0.1) is 5.92 Å². The van der Waals surface area contributed by atoms with Crippen LogP contribution in [0.4, 0.5) is 0 Å². The summed E-state index contributed by atoms with van der Waals surface area (Å²) in [6, 6.07) is 6.08. The van der Waals surface area contributed by atoms with E-state index in [-0.39, 0.29) is 5.75 Å². The second kappa shape index (κ2) is 5.60. The molecule has 1 aliphatic heterocycles. The van der Waals surface area contributed by atoms with E-state index in [4.69, 9.17) is 11.6 Å². The highest BCUT2D eigenvalue weighted by Gasteiger charge is 2.37. The second-order valence-electron chi connectivity index (χ2n) is 6.49. The highest BCUT2D eigenvalue weighted by Crippen LogP contribution is 2.37. The molecular formula is C17H20ClN3O. The molecule has 22 heavy (non-hydrogen) atoms. The van der Waals surface area contributed by atoms with E-state index in [2.05, 4.69) is 16.2 Å². The maximum atomic E-state index is 9.49. The fraction of sp³-hybridized carbons (Fsp3) is 0.471. The Hall–Kier alpha value is -1.52. The first-order valence-corrected chi connectivity index (χ1v) is 8.32. The molecule has 1 saturated carbocycles. The van der Waals surface area contributed by atoms with Crippen LogP contribution in [0.1, 0.15) is 19.3 Å². The summed E-state index contributed by atoms with van der Waals surface area (Å²) < 4.78 is 2.00. The lowest BCUT2D eigenvalue weighted by atomic mass is 10.1. The molecule has 1 aromatic heterocycles. The number of hydrogen-bond donors (Lipinski definition) is 1. The van der Waals surface area contributed by atoms with Gasteiger partial charge in [0.05, 0.1) is 17.8 Å². The van der Waals surface area contributed by atoms with Gasteiger partial charge in [-0.1, -0.05) is 17.7 Å². The van der Waals surface area contributed by atoms with Gasteiger partial charge in [0, 0.05) is 30.9 Å². The predicted octanol–water partition coefficient (Wildman–Crippen LogP) is 3.39. The van der Waals surface area contributed by atoms with Gasteiger partial charge >= 0.3 is 0 Å². The van der Waals surface area contributed by atoms with Crippen LogP contribution in [0.2, 0.25) is 5.02 Å². The van der Waals surface area contributed by atoms with Gasteiger partial charge in [0.1, 0.15) is 5.75 Å². The van der Waals surface area contributed by atoms with Crippen molar-refractivity contribution in [1.82, 2.24) is 14.7 Å². The number of fused-ring (bicyclic) bond motifs is 2. The molecule has 5 heteroatoms. The number of likely N-dealkylation sites (tertiary alicyclic amines) is 1. The molecule has 2 aliphatic rings. The number of phenols is 1. The summed E-state index contributed by atoms with van der Waals surface area (Å²) in [7, 11) is 0. The third kappa shape index (κ3) is 2.61. The summed E-state index contributed by atoms with van der Waals surface area (Å²) >= 11 is 5.97. The van der Waals surface area contributed by atoms with E-state index in [0.29, 0.717) is 5.02 Å². The van der Waals surface area contributed by atoms with Crippen LogP contribution >= 0.6 is 11.6 Å². The first kappa shape index (κ1) is 14.1. The number of piperidine rings is 1. The minimum Gasteiger partial charge on any atom is -0.506 e. The lowest BCUT2D eigenvalue weighted by Gasteiger charge is -2.26. The van der Waals surface area contributed by atoms with Crippen LogP contribution in [0.15, 0.2) is 30.6 Å². The fourth-order valence-electron chi connectivity index (χ4n) is 3.85. The summed E-state index contributed by atoms with van der Waals surface area (Å²) in [5, 5.41) is 14.3. The Morgan fingerprint density at radius 3 is 2.86 bits per heavy atom. The Bertz CT molecular complexity index is 684. The number of halogens is 1. The Morgan fingerprint density at radius 2 is 2.14 bits per heavy atom. The Kier molecular flexibility index (Phi) is 3.59. The second-order valence-corrected chi connectivity index (χ2v) is 6.89. The smallest absolute Gasteiger partial charge is 0.134 e. The molecule has 1 aromatic carbocycles. The molecule has 1 N–H and O–H groups in total. The van der Waals surface area contributed by atoms with Crippen molar-refractivity contribution in [1.29, 1.82) is 0 Å². The predicted molar refractivity (Wildman–Crippen MR) is 87.0 cm³/mol. The average molecular weight is 318 g/mol. The molecule has 116 valence electrons. The van der Waals surface area contributed by atoms with Crippen molar-refractivity contribution in [2.75, 3.05) is 13.1 Å². The molecule has 0 amide bonds. The Balaban J connectivity index is 1.42. The van der Waals surface area contributed by atoms with E-state index in [1.165, 1.54) is 25.8 Å². The maximum Gasteiger partial charge on any atom is 0.134 e. The molecule has 0 radical (unpaired) electrons. The standard InChI is InChI=1S/C17H20ClN3O/c18-16-8-13(2-4-17(16)22)14-9-19-21(11-14)6-5-20-10-12-1-3-15(20)7-12/h2,4,8-9,11-12,15,22H,1,3,5-7,10H2. The number of aromatic nitrogens is 2. The molecule has 2 bridgehead atoms. The van der Waals surface area contributed by atoms with Gasteiger partial charge in [0.25, 0.3) is 0 Å². The first-order valence-electron chi connectivity index (χ1n) is 7.94. The molecule has 1 saturated heterocycles. The van der Waals surface area contributed by atoms with Crippen molar-refractivity contribution in [3.8, 4) is 16.9 Å². The lowest BCUT2D eigenvalue weighted by molar-refractivity contribution is 0.203. The third-order valence-corrected chi connectivity index (χ3v) is 5.36. The summed E-state index contributed by atoms with van der Waals surface area (Å²) in [6.45, 7) is 3.28. The van der Waals surface area contributed by atoms with Gasteiger partial charge in [-0.25, -0.2) is 0 Å². The quantitative estimate of drug-likeness (QED) is 0.939. The van der Waals surface area contributed by atoms with E-state index >= 15 is 0 Å². The third-order valence-electron chi connectivity index (χ3n) is 5.05. The molecule has 2 unspecified atom stereocenters. The maximum absolute atomic E-state index is 9.49. The minimum absolute atomic E-state index is 0.113. The highest BCUT2D eigenvalue weighted by molar-refractivity contribution is 6.32. The normalized spacial score (nSPS) is 24.2. The molecule has 2 heterocycles. The molecule has 1 aliphatic carbocycles. The summed E-state index contributed by atoms with van der Waals surface area (Å²) in [5.74, 6) is 1.05. The van der Waals surface area contributed by atoms with Gasteiger partial charge in [-0.3, -0.25) is 9.58 Å². The van der Waals surface area contributed by atoms with E-state index in [1.807, 2.05) is 16.9 Å². The summed E-state index contributed by atoms with van der Waals surface area (Å²) in [4.78, 5) is 2.62. The molecule has 4 nitrogen and oxygen atoms in total. The molecule has 0 spiro atoms. The zero-order valence-corrected chi connectivity index (χ0v) is 13.2. The van der Waals surface area contributed by atoms with Gasteiger partial charge in [-0.05, 0) is 42.9 Å². The topological polar surface area (TPSA) is 41.3 Å². The van der Waals surface area contributed by atoms with Crippen molar-refractivity contribution in [3.63, 3.8) is 0 Å². The van der Waals surface area contributed by atoms with Gasteiger partial charge in [0.2, 0.25) is 0 Å². The number of benzene rings is 1. The van der Waals surface area contributed by atoms with Gasteiger partial charge in [-0.15, -0.1) is 0 Å². The van der Waals surface area contributed by atoms with E-state index < -0.39 is 0 Å². The molecule has 2 aromatic rings. The number of phenolic OH excluding ortho intramolecular Hbond substituents is 1. The minimum atomic E-state index is 0.113. The van der Waals surface area contributed by atoms with Crippen LogP contribution in [-0.2, 0) is 6.54 Å². The van der Waals surface area contributed by atoms with Gasteiger partial charge in [0.15, 0.2) is 0 Å². The van der Waals surface area contributed by atoms with E-state index in [0.717, 1.165) is 36.2 Å². The number of aromatic hydroxyl groups is 1. The van der Waals surface area contributed by atoms with Crippen LogP contribution in [0.5, 0.6) is 5.75 Å². The molecule has 4 rings (SSSR count). The fourth-order valence-corrected chi connectivity index (χ4v) is 4.03. The van der Waals surface area contributed by atoms with Crippen molar-refractivity contribution in [2.24, 2.45) is 5.92 Å². The zero-order valence-electron chi connectivity index (χ0n) is 12.5. The number of nitrogens with zero attached hydrogens (tertiary/aromatic N) is 3. The van der Waals surface area contributed by atoms with Gasteiger partial charge < -0.3 is 5.11 Å². The number of hydrogen-bond acceptors (Lipinski definition) is 3. The largest absolute Gasteiger partial charge is 0.506 e. The average Bonchev–Trinajstić information content (AvgIpc) is 3.23. The highest BCUT2D eigenvalue weighted by atomic mass is 35.5. The monoisotopic (exact) mass is 317 g/mol. The Labute approximate surface area is 135 Å². The van der Waals surface area contributed by atoms with E-state index in [1.54, 1.807) is 12.1 Å². The lowest BCUT2D eigenvalue weighted by Crippen LogP contribution is -2.34. The SMILES string of the molecule is Oc1ccc(-c2cnn(CCN3CC4CCC3C4)c2)cc1Cl. The molecule has 2 fully saturated rings. The van der Waals surface area contributed by atoms with E-state index in [9.17, 15) is 5.11 Å². The summed E-state index contributed by atoms with van der Waals surface area (Å²) in [6.07, 6.45) is 8.11. The van der Waals surface area contributed by atoms with Crippen LogP contribution in [-0.4, -0.2) is 38.9 Å². The van der Waals surface area contributed by atoms with Crippen molar-refractivity contribution < 1.29 is 5.11 Å². The molecule has 2 atom stereocenters. The summed E-state index contributed by atoms with van der Waals surface area (Å²) in [5.41, 5.74) is 2.01. The van der Waals surface area contributed by atoms with Crippen LogP contribution < -0.4 is 0 Å². The van der Waals surface area contributed by atoms with Crippen molar-refractivity contribution >= 4 is 11.6 Å². The van der Waals surface area contributed by atoms with Crippen molar-refractivity contribution in [2.45, 2.75) is 31.8 Å². The van der Waals surface area contributed by atoms with Crippen LogP contribution in [0.25, 0.3) is 11.1 Å². The van der Waals surface area contributed by atoms with Crippen molar-refractivity contribution in [3.05, 3.63) is 35.6 Å². The van der Waals surface area contributed by atoms with Gasteiger partial charge in [-0.2, -0.15) is 5.10 Å².